The minimum Gasteiger partial charge on any atom is -0.381 e. The highest BCUT2D eigenvalue weighted by molar-refractivity contribution is 9.10. The molecule has 3 heteroatoms. The number of anilines is 1. The van der Waals surface area contributed by atoms with Gasteiger partial charge in [0.15, 0.2) is 0 Å². The molecule has 1 saturated carbocycles. The number of hydrogen-bond acceptors (Lipinski definition) is 1. The lowest BCUT2D eigenvalue weighted by Gasteiger charge is -2.33. The van der Waals surface area contributed by atoms with Crippen molar-refractivity contribution in [3.8, 4) is 0 Å². The van der Waals surface area contributed by atoms with Crippen LogP contribution in [0.25, 0.3) is 0 Å². The molecule has 2 rings (SSSR count). The lowest BCUT2D eigenvalue weighted by molar-refractivity contribution is 0.264. The molecule has 0 heterocycles. The van der Waals surface area contributed by atoms with Crippen LogP contribution in [0.15, 0.2) is 22.7 Å². The van der Waals surface area contributed by atoms with E-state index >= 15 is 0 Å². The van der Waals surface area contributed by atoms with E-state index in [1.165, 1.54) is 25.7 Å². The Kier molecular flexibility index (Phi) is 4.97. The van der Waals surface area contributed by atoms with Crippen molar-refractivity contribution in [2.45, 2.75) is 45.6 Å². The third-order valence-corrected chi connectivity index (χ3v) is 4.84. The van der Waals surface area contributed by atoms with Crippen molar-refractivity contribution in [3.05, 3.63) is 27.7 Å². The summed E-state index contributed by atoms with van der Waals surface area (Å²) in [4.78, 5) is 0. The van der Waals surface area contributed by atoms with E-state index < -0.39 is 0 Å². The zero-order valence-electron chi connectivity index (χ0n) is 11.0. The van der Waals surface area contributed by atoms with Crippen molar-refractivity contribution in [1.29, 1.82) is 0 Å². The third kappa shape index (κ3) is 3.64. The Balaban J connectivity index is 2.00. The smallest absolute Gasteiger partial charge is 0.0487 e. The van der Waals surface area contributed by atoms with Crippen molar-refractivity contribution >= 4 is 33.2 Å². The first-order valence-electron chi connectivity index (χ1n) is 6.78. The molecule has 0 radical (unpaired) electrons. The van der Waals surface area contributed by atoms with Gasteiger partial charge in [0.25, 0.3) is 0 Å². The van der Waals surface area contributed by atoms with Crippen LogP contribution < -0.4 is 5.32 Å². The van der Waals surface area contributed by atoms with Crippen molar-refractivity contribution in [2.24, 2.45) is 11.8 Å². The molecular weight excluding hydrogens is 310 g/mol. The Morgan fingerprint density at radius 2 is 2.11 bits per heavy atom. The second-order valence-corrected chi connectivity index (χ2v) is 6.93. The van der Waals surface area contributed by atoms with Gasteiger partial charge in [0.2, 0.25) is 0 Å². The van der Waals surface area contributed by atoms with E-state index in [0.717, 1.165) is 27.0 Å². The van der Waals surface area contributed by atoms with Crippen LogP contribution in [0.2, 0.25) is 5.02 Å². The van der Waals surface area contributed by atoms with Gasteiger partial charge >= 0.3 is 0 Å². The van der Waals surface area contributed by atoms with Crippen molar-refractivity contribution < 1.29 is 0 Å². The maximum Gasteiger partial charge on any atom is 0.0487 e. The zero-order valence-corrected chi connectivity index (χ0v) is 13.4. The molecule has 2 unspecified atom stereocenters. The summed E-state index contributed by atoms with van der Waals surface area (Å²) >= 11 is 9.54. The average molecular weight is 331 g/mol. The Labute approximate surface area is 123 Å². The van der Waals surface area contributed by atoms with Crippen molar-refractivity contribution in [3.63, 3.8) is 0 Å². The maximum absolute atomic E-state index is 5.97. The highest BCUT2D eigenvalue weighted by Gasteiger charge is 2.24. The highest BCUT2D eigenvalue weighted by atomic mass is 79.9. The molecule has 18 heavy (non-hydrogen) atoms. The van der Waals surface area contributed by atoms with Gasteiger partial charge < -0.3 is 5.32 Å². The predicted molar refractivity (Wildman–Crippen MR) is 83.4 cm³/mol. The predicted octanol–water partition coefficient (Wildman–Crippen LogP) is 5.73. The molecule has 1 aliphatic rings. The average Bonchev–Trinajstić information content (AvgIpc) is 2.33. The second-order valence-electron chi connectivity index (χ2n) is 5.64. The molecule has 0 amide bonds. The van der Waals surface area contributed by atoms with Gasteiger partial charge in [0, 0.05) is 21.2 Å². The van der Waals surface area contributed by atoms with Gasteiger partial charge in [0.1, 0.15) is 0 Å². The maximum atomic E-state index is 5.97. The molecule has 0 spiro atoms. The van der Waals surface area contributed by atoms with Crippen LogP contribution in [0.5, 0.6) is 0 Å². The van der Waals surface area contributed by atoms with Gasteiger partial charge in [-0.25, -0.2) is 0 Å². The molecule has 2 atom stereocenters. The first-order chi connectivity index (χ1) is 8.56. The van der Waals surface area contributed by atoms with Crippen LogP contribution in [-0.2, 0) is 0 Å². The van der Waals surface area contributed by atoms with E-state index in [1.54, 1.807) is 0 Å². The fraction of sp³-hybridized carbons (Fsp3) is 0.600. The van der Waals surface area contributed by atoms with E-state index in [-0.39, 0.29) is 0 Å². The SMILES string of the molecule is CC(C)C1CCCC(Nc2ccc(Cl)cc2Br)C1. The van der Waals surface area contributed by atoms with E-state index in [9.17, 15) is 0 Å². The minimum absolute atomic E-state index is 0.601. The van der Waals surface area contributed by atoms with Gasteiger partial charge in [-0.05, 0) is 58.8 Å². The van der Waals surface area contributed by atoms with Crippen LogP contribution in [0.4, 0.5) is 5.69 Å². The van der Waals surface area contributed by atoms with Crippen LogP contribution in [0, 0.1) is 11.8 Å². The first kappa shape index (κ1) is 14.2. The zero-order chi connectivity index (χ0) is 13.1. The van der Waals surface area contributed by atoms with E-state index in [2.05, 4.69) is 41.2 Å². The summed E-state index contributed by atoms with van der Waals surface area (Å²) in [6, 6.07) is 6.55. The molecule has 1 aromatic rings. The Hall–Kier alpha value is -0.210. The minimum atomic E-state index is 0.601. The summed E-state index contributed by atoms with van der Waals surface area (Å²) in [6.07, 6.45) is 5.29. The van der Waals surface area contributed by atoms with Crippen LogP contribution in [0.3, 0.4) is 0 Å². The molecule has 0 aromatic heterocycles. The summed E-state index contributed by atoms with van der Waals surface area (Å²) in [5.74, 6) is 1.66. The molecule has 0 bridgehead atoms. The van der Waals surface area contributed by atoms with E-state index in [0.29, 0.717) is 6.04 Å². The normalized spacial score (nSPS) is 24.3. The number of hydrogen-bond donors (Lipinski definition) is 1. The summed E-state index contributed by atoms with van der Waals surface area (Å²) in [7, 11) is 0. The van der Waals surface area contributed by atoms with Gasteiger partial charge in [-0.2, -0.15) is 0 Å². The van der Waals surface area contributed by atoms with Gasteiger partial charge in [-0.3, -0.25) is 0 Å². The lowest BCUT2D eigenvalue weighted by Crippen LogP contribution is -2.29. The Bertz CT molecular complexity index is 405. The van der Waals surface area contributed by atoms with Gasteiger partial charge in [-0.15, -0.1) is 0 Å². The molecule has 1 fully saturated rings. The fourth-order valence-corrected chi connectivity index (χ4v) is 3.59. The van der Waals surface area contributed by atoms with Crippen molar-refractivity contribution in [1.82, 2.24) is 0 Å². The fourth-order valence-electron chi connectivity index (χ4n) is 2.79. The Morgan fingerprint density at radius 1 is 1.33 bits per heavy atom. The summed E-state index contributed by atoms with van der Waals surface area (Å²) in [5.41, 5.74) is 1.16. The molecule has 100 valence electrons. The lowest BCUT2D eigenvalue weighted by atomic mass is 9.79. The van der Waals surface area contributed by atoms with Crippen LogP contribution in [0.1, 0.15) is 39.5 Å². The standard InChI is InChI=1S/C15H21BrClN/c1-10(2)11-4-3-5-13(8-11)18-15-7-6-12(17)9-14(15)16/h6-7,9-11,13,18H,3-5,8H2,1-2H3. The van der Waals surface area contributed by atoms with Crippen molar-refractivity contribution in [2.75, 3.05) is 5.32 Å². The monoisotopic (exact) mass is 329 g/mol. The molecule has 1 aromatic carbocycles. The first-order valence-corrected chi connectivity index (χ1v) is 7.95. The van der Waals surface area contributed by atoms with Gasteiger partial charge in [0.05, 0.1) is 0 Å². The quantitative estimate of drug-likeness (QED) is 0.746. The van der Waals surface area contributed by atoms with Crippen LogP contribution >= 0.6 is 27.5 Å². The topological polar surface area (TPSA) is 12.0 Å². The molecule has 1 aliphatic carbocycles. The Morgan fingerprint density at radius 3 is 2.78 bits per heavy atom. The molecule has 1 nitrogen and oxygen atoms in total. The molecule has 0 aliphatic heterocycles. The summed E-state index contributed by atoms with van der Waals surface area (Å²) in [5, 5.41) is 4.43. The van der Waals surface area contributed by atoms with E-state index in [4.69, 9.17) is 11.6 Å². The molecule has 1 N–H and O–H groups in total. The molecular formula is C15H21BrClN. The third-order valence-electron chi connectivity index (χ3n) is 3.95. The van der Waals surface area contributed by atoms with Gasteiger partial charge in [-0.1, -0.05) is 38.3 Å². The summed E-state index contributed by atoms with van der Waals surface area (Å²) < 4.78 is 1.06. The summed E-state index contributed by atoms with van der Waals surface area (Å²) in [6.45, 7) is 4.68. The highest BCUT2D eigenvalue weighted by Crippen LogP contribution is 2.33. The number of nitrogens with one attached hydrogen (secondary N) is 1. The second kappa shape index (κ2) is 6.29. The number of rotatable bonds is 3. The number of halogens is 2. The molecule has 0 saturated heterocycles. The number of benzene rings is 1. The van der Waals surface area contributed by atoms with E-state index in [1.807, 2.05) is 12.1 Å². The largest absolute Gasteiger partial charge is 0.381 e. The van der Waals surface area contributed by atoms with Crippen LogP contribution in [-0.4, -0.2) is 6.04 Å².